The number of hydrogen-bond donors (Lipinski definition) is 1. The monoisotopic (exact) mass is 241 g/mol. The smallest absolute Gasteiger partial charge is 0.227 e. The number of benzene rings is 1. The maximum atomic E-state index is 4.62. The summed E-state index contributed by atoms with van der Waals surface area (Å²) in [4.78, 5) is 8.94. The summed E-state index contributed by atoms with van der Waals surface area (Å²) in [7, 11) is 0. The fourth-order valence-electron chi connectivity index (χ4n) is 1.91. The molecule has 1 heterocycles. The van der Waals surface area contributed by atoms with Crippen LogP contribution in [0.15, 0.2) is 36.5 Å². The highest BCUT2D eigenvalue weighted by Gasteiger charge is 2.19. The zero-order chi connectivity index (χ0) is 13.2. The predicted octanol–water partition coefficient (Wildman–Crippen LogP) is 3.83. The Balaban J connectivity index is 2.31. The van der Waals surface area contributed by atoms with E-state index in [4.69, 9.17) is 0 Å². The molecule has 1 N–H and O–H groups in total. The Morgan fingerprint density at radius 1 is 1.06 bits per heavy atom. The molecule has 0 radical (unpaired) electrons. The van der Waals surface area contributed by atoms with Crippen LogP contribution in [0.5, 0.6) is 0 Å². The predicted molar refractivity (Wildman–Crippen MR) is 75.2 cm³/mol. The number of anilines is 2. The van der Waals surface area contributed by atoms with Crippen molar-refractivity contribution in [1.82, 2.24) is 9.97 Å². The van der Waals surface area contributed by atoms with Gasteiger partial charge in [0.25, 0.3) is 0 Å². The van der Waals surface area contributed by atoms with E-state index in [1.54, 1.807) is 0 Å². The Morgan fingerprint density at radius 2 is 1.72 bits per heavy atom. The molecule has 18 heavy (non-hydrogen) atoms. The number of nitrogens with zero attached hydrogens (tertiary/aromatic N) is 2. The number of para-hydroxylation sites is 1. The van der Waals surface area contributed by atoms with Gasteiger partial charge in [-0.3, -0.25) is 0 Å². The van der Waals surface area contributed by atoms with Gasteiger partial charge in [-0.05, 0) is 24.6 Å². The first kappa shape index (κ1) is 12.6. The normalized spacial score (nSPS) is 11.3. The van der Waals surface area contributed by atoms with Gasteiger partial charge in [0.05, 0.1) is 5.69 Å². The molecule has 2 rings (SSSR count). The van der Waals surface area contributed by atoms with E-state index in [9.17, 15) is 0 Å². The second kappa shape index (κ2) is 4.77. The van der Waals surface area contributed by atoms with E-state index in [0.717, 1.165) is 16.9 Å². The number of aryl methyl sites for hydroxylation is 1. The Labute approximate surface area is 108 Å². The van der Waals surface area contributed by atoms with E-state index in [2.05, 4.69) is 36.1 Å². The van der Waals surface area contributed by atoms with Crippen LogP contribution in [-0.2, 0) is 5.41 Å². The second-order valence-electron chi connectivity index (χ2n) is 5.47. The summed E-state index contributed by atoms with van der Waals surface area (Å²) in [6, 6.07) is 9.96. The number of hydrogen-bond acceptors (Lipinski definition) is 3. The quantitative estimate of drug-likeness (QED) is 0.868. The fraction of sp³-hybridized carbons (Fsp3) is 0.333. The lowest BCUT2D eigenvalue weighted by Crippen LogP contribution is -2.17. The van der Waals surface area contributed by atoms with E-state index in [1.165, 1.54) is 0 Å². The van der Waals surface area contributed by atoms with Gasteiger partial charge in [0.2, 0.25) is 5.95 Å². The molecule has 1 aromatic heterocycles. The molecule has 2 aromatic rings. The minimum absolute atomic E-state index is 0.0279. The lowest BCUT2D eigenvalue weighted by molar-refractivity contribution is 0.563. The van der Waals surface area contributed by atoms with Crippen LogP contribution in [0.3, 0.4) is 0 Å². The molecule has 3 nitrogen and oxygen atoms in total. The maximum absolute atomic E-state index is 4.62. The van der Waals surface area contributed by atoms with E-state index < -0.39 is 0 Å². The molecule has 0 spiro atoms. The standard InChI is InChI=1S/C15H19N3/c1-11-10-16-14(18-13(11)15(2,3)4)17-12-8-6-5-7-9-12/h5-10H,1-4H3,(H,16,17,18). The van der Waals surface area contributed by atoms with Gasteiger partial charge in [-0.25, -0.2) is 9.97 Å². The molecule has 0 unspecified atom stereocenters. The molecule has 0 saturated carbocycles. The molecule has 0 aliphatic heterocycles. The van der Waals surface area contributed by atoms with Crippen LogP contribution in [0.2, 0.25) is 0 Å². The summed E-state index contributed by atoms with van der Waals surface area (Å²) in [6.45, 7) is 8.53. The first-order chi connectivity index (χ1) is 8.47. The lowest BCUT2D eigenvalue weighted by Gasteiger charge is -2.20. The van der Waals surface area contributed by atoms with Crippen molar-refractivity contribution < 1.29 is 0 Å². The van der Waals surface area contributed by atoms with Gasteiger partial charge >= 0.3 is 0 Å². The third kappa shape index (κ3) is 2.86. The van der Waals surface area contributed by atoms with Crippen molar-refractivity contribution in [2.75, 3.05) is 5.32 Å². The van der Waals surface area contributed by atoms with Crippen molar-refractivity contribution in [2.45, 2.75) is 33.1 Å². The summed E-state index contributed by atoms with van der Waals surface area (Å²) < 4.78 is 0. The van der Waals surface area contributed by atoms with Gasteiger partial charge in [-0.2, -0.15) is 0 Å². The van der Waals surface area contributed by atoms with Crippen molar-refractivity contribution in [1.29, 1.82) is 0 Å². The highest BCUT2D eigenvalue weighted by Crippen LogP contribution is 2.24. The topological polar surface area (TPSA) is 37.8 Å². The van der Waals surface area contributed by atoms with E-state index in [1.807, 2.05) is 43.5 Å². The molecular weight excluding hydrogens is 222 g/mol. The Kier molecular flexibility index (Phi) is 3.32. The van der Waals surface area contributed by atoms with Crippen molar-refractivity contribution in [2.24, 2.45) is 0 Å². The number of rotatable bonds is 2. The van der Waals surface area contributed by atoms with Crippen LogP contribution in [-0.4, -0.2) is 9.97 Å². The molecule has 1 aromatic carbocycles. The summed E-state index contributed by atoms with van der Waals surface area (Å²) >= 11 is 0. The molecule has 0 atom stereocenters. The van der Waals surface area contributed by atoms with Crippen molar-refractivity contribution in [3.8, 4) is 0 Å². The Morgan fingerprint density at radius 3 is 2.33 bits per heavy atom. The molecule has 0 amide bonds. The highest BCUT2D eigenvalue weighted by atomic mass is 15.1. The summed E-state index contributed by atoms with van der Waals surface area (Å²) in [5, 5.41) is 3.22. The number of aromatic nitrogens is 2. The molecule has 94 valence electrons. The zero-order valence-corrected chi connectivity index (χ0v) is 11.4. The van der Waals surface area contributed by atoms with Gasteiger partial charge < -0.3 is 5.32 Å². The van der Waals surface area contributed by atoms with Crippen LogP contribution in [0.25, 0.3) is 0 Å². The van der Waals surface area contributed by atoms with Crippen LogP contribution >= 0.6 is 0 Å². The molecule has 3 heteroatoms. The largest absolute Gasteiger partial charge is 0.324 e. The highest BCUT2D eigenvalue weighted by molar-refractivity contribution is 5.53. The van der Waals surface area contributed by atoms with Crippen LogP contribution in [0, 0.1) is 6.92 Å². The Hall–Kier alpha value is -1.90. The molecule has 0 fully saturated rings. The average Bonchev–Trinajstić information content (AvgIpc) is 2.31. The lowest BCUT2D eigenvalue weighted by atomic mass is 9.89. The van der Waals surface area contributed by atoms with Crippen molar-refractivity contribution >= 4 is 11.6 Å². The molecule has 0 bridgehead atoms. The minimum Gasteiger partial charge on any atom is -0.324 e. The van der Waals surface area contributed by atoms with Gasteiger partial charge in [0.15, 0.2) is 0 Å². The first-order valence-corrected chi connectivity index (χ1v) is 6.13. The SMILES string of the molecule is Cc1cnc(Nc2ccccc2)nc1C(C)(C)C. The summed E-state index contributed by atoms with van der Waals surface area (Å²) in [5.74, 6) is 0.650. The van der Waals surface area contributed by atoms with Gasteiger partial charge in [0, 0.05) is 17.3 Å². The van der Waals surface area contributed by atoms with E-state index in [0.29, 0.717) is 5.95 Å². The average molecular weight is 241 g/mol. The zero-order valence-electron chi connectivity index (χ0n) is 11.4. The second-order valence-corrected chi connectivity index (χ2v) is 5.47. The fourth-order valence-corrected chi connectivity index (χ4v) is 1.91. The molecule has 0 aliphatic carbocycles. The van der Waals surface area contributed by atoms with Crippen molar-refractivity contribution in [3.05, 3.63) is 47.8 Å². The van der Waals surface area contributed by atoms with Gasteiger partial charge in [-0.1, -0.05) is 39.0 Å². The summed E-state index contributed by atoms with van der Waals surface area (Å²) in [6.07, 6.45) is 1.87. The minimum atomic E-state index is 0.0279. The van der Waals surface area contributed by atoms with Crippen LogP contribution < -0.4 is 5.32 Å². The molecular formula is C15H19N3. The van der Waals surface area contributed by atoms with Crippen LogP contribution in [0.4, 0.5) is 11.6 Å². The maximum Gasteiger partial charge on any atom is 0.227 e. The van der Waals surface area contributed by atoms with Gasteiger partial charge in [-0.15, -0.1) is 0 Å². The van der Waals surface area contributed by atoms with Gasteiger partial charge in [0.1, 0.15) is 0 Å². The Bertz CT molecular complexity index is 527. The summed E-state index contributed by atoms with van der Waals surface area (Å²) in [5.41, 5.74) is 3.23. The van der Waals surface area contributed by atoms with E-state index in [-0.39, 0.29) is 5.41 Å². The van der Waals surface area contributed by atoms with Crippen LogP contribution in [0.1, 0.15) is 32.0 Å². The molecule has 0 saturated heterocycles. The number of nitrogens with one attached hydrogen (secondary N) is 1. The van der Waals surface area contributed by atoms with E-state index >= 15 is 0 Å². The third-order valence-corrected chi connectivity index (χ3v) is 2.71. The third-order valence-electron chi connectivity index (χ3n) is 2.71. The van der Waals surface area contributed by atoms with Crippen molar-refractivity contribution in [3.63, 3.8) is 0 Å². The first-order valence-electron chi connectivity index (χ1n) is 6.13. The molecule has 0 aliphatic rings.